The third-order valence-corrected chi connectivity index (χ3v) is 4.26. The fraction of sp³-hybridized carbons (Fsp3) is 0.238. The van der Waals surface area contributed by atoms with Crippen LogP contribution < -0.4 is 11.0 Å². The fourth-order valence-corrected chi connectivity index (χ4v) is 2.73. The molecule has 0 aliphatic carbocycles. The summed E-state index contributed by atoms with van der Waals surface area (Å²) >= 11 is 0. The Kier molecular flexibility index (Phi) is 5.76. The van der Waals surface area contributed by atoms with E-state index in [9.17, 15) is 9.59 Å². The summed E-state index contributed by atoms with van der Waals surface area (Å²) in [6.07, 6.45) is 3.33. The van der Waals surface area contributed by atoms with Crippen LogP contribution in [0.2, 0.25) is 0 Å². The number of hydrogen-bond donors (Lipinski definition) is 1. The van der Waals surface area contributed by atoms with Crippen LogP contribution in [0.25, 0.3) is 10.8 Å². The van der Waals surface area contributed by atoms with Crippen LogP contribution in [-0.2, 0) is 6.54 Å². The monoisotopic (exact) mass is 362 g/mol. The number of rotatable bonds is 6. The Morgan fingerprint density at radius 1 is 1.15 bits per heavy atom. The van der Waals surface area contributed by atoms with Gasteiger partial charge in [0.1, 0.15) is 0 Å². The van der Waals surface area contributed by atoms with Crippen LogP contribution in [0.3, 0.4) is 0 Å². The Bertz CT molecular complexity index is 1040. The molecule has 0 aliphatic rings. The summed E-state index contributed by atoms with van der Waals surface area (Å²) < 4.78 is 1.37. The molecule has 0 saturated carbocycles. The zero-order valence-electron chi connectivity index (χ0n) is 15.5. The number of unbranched alkanes of at least 4 members (excludes halogenated alkanes) is 1. The van der Waals surface area contributed by atoms with Gasteiger partial charge in [0.2, 0.25) is 0 Å². The number of carbonyl (C=O) groups excluding carboxylic acids is 1. The van der Waals surface area contributed by atoms with Gasteiger partial charge in [-0.25, -0.2) is 10.1 Å². The number of hydrazone groups is 1. The number of hydrogen-bond acceptors (Lipinski definition) is 4. The molecule has 0 radical (unpaired) electrons. The minimum absolute atomic E-state index is 0.182. The van der Waals surface area contributed by atoms with Gasteiger partial charge in [-0.3, -0.25) is 9.59 Å². The number of nitrogens with zero attached hydrogens (tertiary/aromatic N) is 3. The minimum atomic E-state index is -0.445. The summed E-state index contributed by atoms with van der Waals surface area (Å²) in [5.74, 6) is -0.445. The molecule has 3 rings (SSSR count). The van der Waals surface area contributed by atoms with Gasteiger partial charge in [0, 0.05) is 11.9 Å². The number of benzene rings is 2. The Balaban J connectivity index is 1.90. The van der Waals surface area contributed by atoms with E-state index in [1.807, 2.05) is 38.1 Å². The van der Waals surface area contributed by atoms with E-state index in [-0.39, 0.29) is 11.3 Å². The van der Waals surface area contributed by atoms with E-state index in [4.69, 9.17) is 0 Å². The van der Waals surface area contributed by atoms with Gasteiger partial charge < -0.3 is 0 Å². The van der Waals surface area contributed by atoms with Gasteiger partial charge in [0.05, 0.1) is 11.6 Å². The Labute approximate surface area is 157 Å². The highest BCUT2D eigenvalue weighted by Gasteiger charge is 2.16. The summed E-state index contributed by atoms with van der Waals surface area (Å²) in [4.78, 5) is 25.2. The first-order chi connectivity index (χ1) is 13.1. The molecule has 0 saturated heterocycles. The molecular weight excluding hydrogens is 340 g/mol. The molecule has 0 fully saturated rings. The van der Waals surface area contributed by atoms with Gasteiger partial charge in [-0.1, -0.05) is 61.4 Å². The number of fused-ring (bicyclic) bond motifs is 1. The summed E-state index contributed by atoms with van der Waals surface area (Å²) in [6, 6.07) is 14.8. The molecule has 138 valence electrons. The molecule has 0 spiro atoms. The number of amides is 1. The summed E-state index contributed by atoms with van der Waals surface area (Å²) in [6.45, 7) is 4.53. The summed E-state index contributed by atoms with van der Waals surface area (Å²) in [5.41, 5.74) is 4.56. The van der Waals surface area contributed by atoms with E-state index in [0.717, 1.165) is 24.0 Å². The van der Waals surface area contributed by atoms with Crippen molar-refractivity contribution in [2.75, 3.05) is 0 Å². The third kappa shape index (κ3) is 4.28. The second kappa shape index (κ2) is 8.40. The zero-order valence-corrected chi connectivity index (χ0v) is 15.5. The molecule has 0 aliphatic heterocycles. The van der Waals surface area contributed by atoms with Crippen molar-refractivity contribution in [3.8, 4) is 0 Å². The molecule has 27 heavy (non-hydrogen) atoms. The standard InChI is InChI=1S/C21H22N4O2/c1-3-4-13-25-21(27)18-8-6-5-7-17(18)19(24-25)20(26)23-22-14-16-11-9-15(2)10-12-16/h5-12,14H,3-4,13H2,1-2H3,(H,23,26)/b22-14+. The topological polar surface area (TPSA) is 76.3 Å². The molecule has 3 aromatic rings. The fourth-order valence-electron chi connectivity index (χ4n) is 2.73. The normalized spacial score (nSPS) is 11.2. The first-order valence-corrected chi connectivity index (χ1v) is 9.00. The molecule has 1 heterocycles. The SMILES string of the molecule is CCCCn1nc(C(=O)N/N=C/c2ccc(C)cc2)c2ccccc2c1=O. The van der Waals surface area contributed by atoms with Crippen molar-refractivity contribution < 1.29 is 4.79 Å². The molecular formula is C21H22N4O2. The van der Waals surface area contributed by atoms with E-state index < -0.39 is 5.91 Å². The maximum absolute atomic E-state index is 12.6. The van der Waals surface area contributed by atoms with E-state index in [0.29, 0.717) is 17.3 Å². The molecule has 6 nitrogen and oxygen atoms in total. The second-order valence-electron chi connectivity index (χ2n) is 6.39. The van der Waals surface area contributed by atoms with Crippen molar-refractivity contribution >= 4 is 22.9 Å². The molecule has 0 bridgehead atoms. The van der Waals surface area contributed by atoms with Crippen molar-refractivity contribution in [1.29, 1.82) is 0 Å². The first kappa shape index (κ1) is 18.5. The van der Waals surface area contributed by atoms with E-state index in [1.54, 1.807) is 30.5 Å². The van der Waals surface area contributed by atoms with Crippen molar-refractivity contribution in [3.05, 3.63) is 75.7 Å². The maximum Gasteiger partial charge on any atom is 0.292 e. The molecule has 2 aromatic carbocycles. The smallest absolute Gasteiger partial charge is 0.267 e. The van der Waals surface area contributed by atoms with Gasteiger partial charge >= 0.3 is 0 Å². The highest BCUT2D eigenvalue weighted by Crippen LogP contribution is 2.13. The lowest BCUT2D eigenvalue weighted by molar-refractivity contribution is 0.0949. The number of aromatic nitrogens is 2. The van der Waals surface area contributed by atoms with E-state index >= 15 is 0 Å². The van der Waals surface area contributed by atoms with Crippen LogP contribution in [-0.4, -0.2) is 21.9 Å². The zero-order chi connectivity index (χ0) is 19.2. The summed E-state index contributed by atoms with van der Waals surface area (Å²) in [7, 11) is 0. The highest BCUT2D eigenvalue weighted by molar-refractivity contribution is 6.04. The number of carbonyl (C=O) groups is 1. The quantitative estimate of drug-likeness (QED) is 0.540. The van der Waals surface area contributed by atoms with Gasteiger partial charge in [-0.15, -0.1) is 0 Å². The Hall–Kier alpha value is -3.28. The van der Waals surface area contributed by atoms with Crippen molar-refractivity contribution in [2.45, 2.75) is 33.2 Å². The van der Waals surface area contributed by atoms with Crippen molar-refractivity contribution in [2.24, 2.45) is 5.10 Å². The minimum Gasteiger partial charge on any atom is -0.267 e. The lowest BCUT2D eigenvalue weighted by Gasteiger charge is -2.09. The van der Waals surface area contributed by atoms with Crippen molar-refractivity contribution in [1.82, 2.24) is 15.2 Å². The maximum atomic E-state index is 12.6. The van der Waals surface area contributed by atoms with Crippen LogP contribution in [0, 0.1) is 6.92 Å². The van der Waals surface area contributed by atoms with E-state index in [1.165, 1.54) is 4.68 Å². The summed E-state index contributed by atoms with van der Waals surface area (Å²) in [5, 5.41) is 9.32. The van der Waals surface area contributed by atoms with Crippen LogP contribution in [0.5, 0.6) is 0 Å². The first-order valence-electron chi connectivity index (χ1n) is 9.00. The third-order valence-electron chi connectivity index (χ3n) is 4.26. The molecule has 6 heteroatoms. The second-order valence-corrected chi connectivity index (χ2v) is 6.39. The number of nitrogens with one attached hydrogen (secondary N) is 1. The van der Waals surface area contributed by atoms with Crippen LogP contribution in [0.4, 0.5) is 0 Å². The predicted octanol–water partition coefficient (Wildman–Crippen LogP) is 3.27. The molecule has 1 N–H and O–H groups in total. The lowest BCUT2D eigenvalue weighted by atomic mass is 10.1. The van der Waals surface area contributed by atoms with Gasteiger partial charge in [-0.05, 0) is 25.0 Å². The molecule has 1 amide bonds. The molecule has 1 aromatic heterocycles. The van der Waals surface area contributed by atoms with Crippen LogP contribution >= 0.6 is 0 Å². The van der Waals surface area contributed by atoms with Gasteiger partial charge in [0.15, 0.2) is 5.69 Å². The Morgan fingerprint density at radius 2 is 1.85 bits per heavy atom. The molecule has 0 unspecified atom stereocenters. The van der Waals surface area contributed by atoms with Crippen LogP contribution in [0.1, 0.15) is 41.4 Å². The average Bonchev–Trinajstić information content (AvgIpc) is 2.69. The number of aryl methyl sites for hydroxylation is 2. The van der Waals surface area contributed by atoms with Crippen molar-refractivity contribution in [3.63, 3.8) is 0 Å². The van der Waals surface area contributed by atoms with Gasteiger partial charge in [0.25, 0.3) is 11.5 Å². The molecule has 0 atom stereocenters. The lowest BCUT2D eigenvalue weighted by Crippen LogP contribution is -2.29. The highest BCUT2D eigenvalue weighted by atomic mass is 16.2. The average molecular weight is 362 g/mol. The van der Waals surface area contributed by atoms with Gasteiger partial charge in [-0.2, -0.15) is 10.2 Å². The van der Waals surface area contributed by atoms with Crippen LogP contribution in [0.15, 0.2) is 58.4 Å². The largest absolute Gasteiger partial charge is 0.292 e. The van der Waals surface area contributed by atoms with E-state index in [2.05, 4.69) is 15.6 Å². The Morgan fingerprint density at radius 3 is 2.56 bits per heavy atom. The predicted molar refractivity (Wildman–Crippen MR) is 107 cm³/mol.